The summed E-state index contributed by atoms with van der Waals surface area (Å²) in [6.07, 6.45) is 5.63. The highest BCUT2D eigenvalue weighted by atomic mass is 19.5. The molecular formula is C7H12BF4N2O-. The molecule has 0 saturated carbocycles. The monoisotopic (exact) mass is 227 g/mol. The van der Waals surface area contributed by atoms with Gasteiger partial charge in [0.25, 0.3) is 0 Å². The number of β-amino-alcohol motifs (C(OH)–C–C–N with tert-alkyl or cyclic N) is 1. The molecule has 0 fully saturated rings. The first kappa shape index (κ1) is 13.8. The van der Waals surface area contributed by atoms with Gasteiger partial charge in [-0.1, -0.05) is 6.58 Å². The van der Waals surface area contributed by atoms with Crippen LogP contribution in [0.2, 0.25) is 0 Å². The van der Waals surface area contributed by atoms with Crippen LogP contribution in [0.3, 0.4) is 0 Å². The molecule has 0 atom stereocenters. The Kier molecular flexibility index (Phi) is 5.84. The van der Waals surface area contributed by atoms with Crippen LogP contribution < -0.4 is 0 Å². The highest BCUT2D eigenvalue weighted by Crippen LogP contribution is 2.06. The molecule has 3 nitrogen and oxygen atoms in total. The van der Waals surface area contributed by atoms with Crippen molar-refractivity contribution < 1.29 is 22.4 Å². The Morgan fingerprint density at radius 2 is 1.87 bits per heavy atom. The lowest BCUT2D eigenvalue weighted by atomic mass is 10.3. The summed E-state index contributed by atoms with van der Waals surface area (Å²) in [6.45, 7) is 5.33. The number of hydrogen-bond acceptors (Lipinski definition) is 3. The first-order valence-electron chi connectivity index (χ1n) is 4.15. The minimum atomic E-state index is -6.00. The van der Waals surface area contributed by atoms with Crippen LogP contribution in [0.4, 0.5) is 17.3 Å². The van der Waals surface area contributed by atoms with Gasteiger partial charge in [-0.15, -0.1) is 0 Å². The molecule has 0 aromatic heterocycles. The molecule has 0 aromatic rings. The van der Waals surface area contributed by atoms with Crippen molar-refractivity contribution in [1.82, 2.24) is 9.80 Å². The van der Waals surface area contributed by atoms with Gasteiger partial charge in [-0.25, -0.2) is 0 Å². The average molecular weight is 227 g/mol. The highest BCUT2D eigenvalue weighted by molar-refractivity contribution is 6.50. The van der Waals surface area contributed by atoms with E-state index in [1.54, 1.807) is 6.20 Å². The van der Waals surface area contributed by atoms with Crippen molar-refractivity contribution in [2.45, 2.75) is 0 Å². The van der Waals surface area contributed by atoms with E-state index in [4.69, 9.17) is 5.11 Å². The zero-order valence-corrected chi connectivity index (χ0v) is 7.99. The molecule has 0 unspecified atom stereocenters. The molecule has 1 rings (SSSR count). The molecule has 0 aromatic carbocycles. The lowest BCUT2D eigenvalue weighted by Crippen LogP contribution is -2.24. The van der Waals surface area contributed by atoms with Gasteiger partial charge in [-0.05, 0) is 6.20 Å². The Hall–Kier alpha value is -1.18. The fraction of sp³-hybridized carbons (Fsp3) is 0.429. The fourth-order valence-electron chi connectivity index (χ4n) is 0.876. The molecule has 0 saturated heterocycles. The standard InChI is InChI=1S/C7H12N2O.BF4/c1-2-8-3-4-9(7-8)5-6-10;2-1(3,4)5/h2-4,10H,1,5-7H2;/q;-1. The topological polar surface area (TPSA) is 26.7 Å². The van der Waals surface area contributed by atoms with Crippen molar-refractivity contribution >= 4 is 7.25 Å². The number of rotatable bonds is 3. The quantitative estimate of drug-likeness (QED) is 0.584. The summed E-state index contributed by atoms with van der Waals surface area (Å²) in [5.41, 5.74) is 0. The summed E-state index contributed by atoms with van der Waals surface area (Å²) in [5.74, 6) is 0. The van der Waals surface area contributed by atoms with Crippen molar-refractivity contribution in [1.29, 1.82) is 0 Å². The maximum absolute atomic E-state index is 9.75. The van der Waals surface area contributed by atoms with E-state index in [1.165, 1.54) is 0 Å². The summed E-state index contributed by atoms with van der Waals surface area (Å²) in [4.78, 5) is 3.97. The normalized spacial score (nSPS) is 15.0. The minimum absolute atomic E-state index is 0.204. The van der Waals surface area contributed by atoms with Gasteiger partial charge in [0.1, 0.15) is 0 Å². The molecule has 1 heterocycles. The van der Waals surface area contributed by atoms with Gasteiger partial charge in [0, 0.05) is 18.9 Å². The van der Waals surface area contributed by atoms with E-state index >= 15 is 0 Å². The molecule has 0 aliphatic carbocycles. The predicted molar refractivity (Wildman–Crippen MR) is 50.0 cm³/mol. The number of halogens is 4. The van der Waals surface area contributed by atoms with Crippen molar-refractivity contribution in [2.75, 3.05) is 19.8 Å². The molecule has 1 N–H and O–H groups in total. The third-order valence-corrected chi connectivity index (χ3v) is 1.44. The molecule has 0 spiro atoms. The lowest BCUT2D eigenvalue weighted by molar-refractivity contribution is 0.222. The minimum Gasteiger partial charge on any atom is -0.418 e. The number of aliphatic hydroxyl groups is 1. The Bertz CT molecular complexity index is 216. The highest BCUT2D eigenvalue weighted by Gasteiger charge is 2.20. The maximum atomic E-state index is 9.75. The van der Waals surface area contributed by atoms with Crippen molar-refractivity contribution in [3.05, 3.63) is 25.2 Å². The van der Waals surface area contributed by atoms with E-state index < -0.39 is 7.25 Å². The van der Waals surface area contributed by atoms with E-state index in [-0.39, 0.29) is 6.61 Å². The summed E-state index contributed by atoms with van der Waals surface area (Å²) < 4.78 is 39.0. The second-order valence-electron chi connectivity index (χ2n) is 2.67. The first-order chi connectivity index (χ1) is 6.86. The van der Waals surface area contributed by atoms with Crippen LogP contribution in [0.25, 0.3) is 0 Å². The van der Waals surface area contributed by atoms with E-state index in [2.05, 4.69) is 6.58 Å². The zero-order chi connectivity index (χ0) is 11.9. The molecule has 0 bridgehead atoms. The number of nitrogens with zero attached hydrogens (tertiary/aromatic N) is 2. The SMILES string of the molecule is C=CN1C=CN(CCO)C1.F[B-](F)(F)F. The number of aliphatic hydroxyl groups excluding tert-OH is 1. The molecule has 8 heteroatoms. The van der Waals surface area contributed by atoms with Gasteiger partial charge in [-0.3, -0.25) is 0 Å². The molecule has 88 valence electrons. The third kappa shape index (κ3) is 9.14. The second kappa shape index (κ2) is 6.33. The van der Waals surface area contributed by atoms with Gasteiger partial charge in [0.2, 0.25) is 0 Å². The number of hydrogen-bond donors (Lipinski definition) is 1. The summed E-state index contributed by atoms with van der Waals surface area (Å²) in [6, 6.07) is 0. The maximum Gasteiger partial charge on any atom is 0.673 e. The van der Waals surface area contributed by atoms with Crippen LogP contribution in [0.1, 0.15) is 0 Å². The Balaban J connectivity index is 0.000000336. The summed E-state index contributed by atoms with van der Waals surface area (Å²) in [5, 5.41) is 8.57. The molecule has 1 aliphatic heterocycles. The molecule has 0 amide bonds. The summed E-state index contributed by atoms with van der Waals surface area (Å²) in [7, 11) is -6.00. The lowest BCUT2D eigenvalue weighted by Gasteiger charge is -2.16. The van der Waals surface area contributed by atoms with Crippen LogP contribution in [0.5, 0.6) is 0 Å². The van der Waals surface area contributed by atoms with Gasteiger partial charge in [0.05, 0.1) is 13.3 Å². The van der Waals surface area contributed by atoms with Crippen molar-refractivity contribution in [3.8, 4) is 0 Å². The second-order valence-corrected chi connectivity index (χ2v) is 2.67. The molecule has 0 radical (unpaired) electrons. The Morgan fingerprint density at radius 3 is 2.20 bits per heavy atom. The van der Waals surface area contributed by atoms with Crippen molar-refractivity contribution in [2.24, 2.45) is 0 Å². The Labute approximate surface area is 85.4 Å². The predicted octanol–water partition coefficient (Wildman–Crippen LogP) is 1.47. The van der Waals surface area contributed by atoms with Gasteiger partial charge >= 0.3 is 7.25 Å². The van der Waals surface area contributed by atoms with E-state index in [0.29, 0.717) is 6.54 Å². The van der Waals surface area contributed by atoms with Crippen LogP contribution in [0.15, 0.2) is 25.2 Å². The molecule has 15 heavy (non-hydrogen) atoms. The van der Waals surface area contributed by atoms with E-state index in [1.807, 2.05) is 22.2 Å². The average Bonchev–Trinajstić information content (AvgIpc) is 2.50. The van der Waals surface area contributed by atoms with Crippen LogP contribution in [-0.4, -0.2) is 42.0 Å². The van der Waals surface area contributed by atoms with Gasteiger partial charge < -0.3 is 32.2 Å². The first-order valence-corrected chi connectivity index (χ1v) is 4.15. The smallest absolute Gasteiger partial charge is 0.418 e. The van der Waals surface area contributed by atoms with Crippen LogP contribution in [-0.2, 0) is 0 Å². The molecule has 1 aliphatic rings. The zero-order valence-electron chi connectivity index (χ0n) is 7.99. The van der Waals surface area contributed by atoms with Gasteiger partial charge in [-0.2, -0.15) is 0 Å². The van der Waals surface area contributed by atoms with Crippen LogP contribution >= 0.6 is 0 Å². The van der Waals surface area contributed by atoms with Gasteiger partial charge in [0.15, 0.2) is 0 Å². The van der Waals surface area contributed by atoms with E-state index in [9.17, 15) is 17.3 Å². The fourth-order valence-corrected chi connectivity index (χ4v) is 0.876. The molecular weight excluding hydrogens is 215 g/mol. The largest absolute Gasteiger partial charge is 0.673 e. The summed E-state index contributed by atoms with van der Waals surface area (Å²) >= 11 is 0. The van der Waals surface area contributed by atoms with E-state index in [0.717, 1.165) is 6.67 Å². The van der Waals surface area contributed by atoms with Crippen molar-refractivity contribution in [3.63, 3.8) is 0 Å². The Morgan fingerprint density at radius 1 is 1.33 bits per heavy atom. The van der Waals surface area contributed by atoms with Crippen LogP contribution in [0, 0.1) is 0 Å². The third-order valence-electron chi connectivity index (χ3n) is 1.44.